The third-order valence-electron chi connectivity index (χ3n) is 2.15. The molecule has 0 radical (unpaired) electrons. The van der Waals surface area contributed by atoms with Gasteiger partial charge < -0.3 is 15.2 Å². The predicted octanol–water partition coefficient (Wildman–Crippen LogP) is 1.93. The maximum absolute atomic E-state index is 9.40. The van der Waals surface area contributed by atoms with Crippen LogP contribution in [0.25, 0.3) is 10.9 Å². The number of aliphatic hydroxyl groups is 1. The lowest BCUT2D eigenvalue weighted by molar-refractivity contribution is 0.201. The summed E-state index contributed by atoms with van der Waals surface area (Å²) in [5.41, 5.74) is 1.70. The molecule has 1 unspecified atom stereocenters. The monoisotopic (exact) mass is 177 g/mol. The molecular weight excluding hydrogens is 166 g/mol. The van der Waals surface area contributed by atoms with Gasteiger partial charge in [0.25, 0.3) is 0 Å². The molecule has 1 aromatic carbocycles. The number of aromatic nitrogens is 1. The van der Waals surface area contributed by atoms with Crippen molar-refractivity contribution < 1.29 is 10.2 Å². The zero-order chi connectivity index (χ0) is 9.42. The minimum Gasteiger partial charge on any atom is -0.508 e. The van der Waals surface area contributed by atoms with Crippen molar-refractivity contribution in [3.05, 3.63) is 30.0 Å². The Morgan fingerprint density at radius 2 is 2.15 bits per heavy atom. The van der Waals surface area contributed by atoms with E-state index in [0.29, 0.717) is 0 Å². The van der Waals surface area contributed by atoms with Crippen LogP contribution < -0.4 is 0 Å². The van der Waals surface area contributed by atoms with Crippen LogP contribution in [0.3, 0.4) is 0 Å². The number of hydrogen-bond donors (Lipinski definition) is 3. The summed E-state index contributed by atoms with van der Waals surface area (Å²) >= 11 is 0. The number of benzene rings is 1. The van der Waals surface area contributed by atoms with Crippen LogP contribution in [-0.2, 0) is 0 Å². The Labute approximate surface area is 75.6 Å². The maximum atomic E-state index is 9.40. The molecule has 1 atom stereocenters. The third kappa shape index (κ3) is 1.27. The van der Waals surface area contributed by atoms with Gasteiger partial charge in [0.2, 0.25) is 0 Å². The van der Waals surface area contributed by atoms with Gasteiger partial charge >= 0.3 is 0 Å². The van der Waals surface area contributed by atoms with Crippen LogP contribution >= 0.6 is 0 Å². The molecule has 3 nitrogen and oxygen atoms in total. The Bertz CT molecular complexity index is 431. The summed E-state index contributed by atoms with van der Waals surface area (Å²) in [5, 5.41) is 19.5. The molecule has 0 saturated heterocycles. The first-order chi connectivity index (χ1) is 6.18. The topological polar surface area (TPSA) is 56.2 Å². The molecule has 13 heavy (non-hydrogen) atoms. The number of aliphatic hydroxyl groups excluding tert-OH is 1. The van der Waals surface area contributed by atoms with Crippen LogP contribution in [0.15, 0.2) is 24.4 Å². The highest BCUT2D eigenvalue weighted by molar-refractivity contribution is 5.84. The Kier molecular flexibility index (Phi) is 1.74. The molecule has 2 rings (SSSR count). The highest BCUT2D eigenvalue weighted by atomic mass is 16.3. The SMILES string of the molecule is CC(O)c1c[nH]c2cc(O)ccc12. The Balaban J connectivity index is 2.69. The molecule has 0 amide bonds. The van der Waals surface area contributed by atoms with E-state index < -0.39 is 6.10 Å². The second kappa shape index (κ2) is 2.78. The zero-order valence-electron chi connectivity index (χ0n) is 7.28. The average molecular weight is 177 g/mol. The van der Waals surface area contributed by atoms with E-state index in [-0.39, 0.29) is 5.75 Å². The fourth-order valence-electron chi connectivity index (χ4n) is 1.48. The van der Waals surface area contributed by atoms with Crippen molar-refractivity contribution in [1.29, 1.82) is 0 Å². The lowest BCUT2D eigenvalue weighted by Gasteiger charge is -2.00. The minimum atomic E-state index is -0.488. The van der Waals surface area contributed by atoms with Gasteiger partial charge in [-0.3, -0.25) is 0 Å². The Morgan fingerprint density at radius 1 is 1.38 bits per heavy atom. The number of rotatable bonds is 1. The molecule has 0 bridgehead atoms. The van der Waals surface area contributed by atoms with Gasteiger partial charge in [0.05, 0.1) is 6.10 Å². The van der Waals surface area contributed by atoms with Crippen molar-refractivity contribution in [1.82, 2.24) is 4.98 Å². The van der Waals surface area contributed by atoms with Crippen LogP contribution in [0.1, 0.15) is 18.6 Å². The molecule has 1 heterocycles. The first-order valence-electron chi connectivity index (χ1n) is 4.16. The Hall–Kier alpha value is -1.48. The van der Waals surface area contributed by atoms with Crippen molar-refractivity contribution in [3.63, 3.8) is 0 Å². The molecule has 0 aliphatic rings. The van der Waals surface area contributed by atoms with E-state index in [1.54, 1.807) is 31.3 Å². The van der Waals surface area contributed by atoms with Crippen LogP contribution in [0.2, 0.25) is 0 Å². The van der Waals surface area contributed by atoms with Crippen LogP contribution in [0.4, 0.5) is 0 Å². The molecule has 68 valence electrons. The van der Waals surface area contributed by atoms with Crippen molar-refractivity contribution in [2.75, 3.05) is 0 Å². The van der Waals surface area contributed by atoms with Crippen molar-refractivity contribution in [3.8, 4) is 5.75 Å². The summed E-state index contributed by atoms with van der Waals surface area (Å²) in [6.45, 7) is 1.72. The van der Waals surface area contributed by atoms with Crippen molar-refractivity contribution in [2.45, 2.75) is 13.0 Å². The van der Waals surface area contributed by atoms with E-state index in [1.807, 2.05) is 0 Å². The average Bonchev–Trinajstić information content (AvgIpc) is 2.46. The van der Waals surface area contributed by atoms with Gasteiger partial charge in [0.15, 0.2) is 0 Å². The number of phenolic OH excluding ortho intramolecular Hbond substituents is 1. The number of phenols is 1. The lowest BCUT2D eigenvalue weighted by atomic mass is 10.1. The predicted molar refractivity (Wildman–Crippen MR) is 50.6 cm³/mol. The third-order valence-corrected chi connectivity index (χ3v) is 2.15. The second-order valence-electron chi connectivity index (χ2n) is 3.15. The van der Waals surface area contributed by atoms with E-state index in [2.05, 4.69) is 4.98 Å². The van der Waals surface area contributed by atoms with Gasteiger partial charge in [-0.15, -0.1) is 0 Å². The second-order valence-corrected chi connectivity index (χ2v) is 3.15. The molecule has 0 aliphatic heterocycles. The largest absolute Gasteiger partial charge is 0.508 e. The fourth-order valence-corrected chi connectivity index (χ4v) is 1.48. The number of aromatic amines is 1. The highest BCUT2D eigenvalue weighted by Gasteiger charge is 2.07. The lowest BCUT2D eigenvalue weighted by Crippen LogP contribution is -1.87. The van der Waals surface area contributed by atoms with Crippen LogP contribution in [0.5, 0.6) is 5.75 Å². The number of aromatic hydroxyl groups is 1. The van der Waals surface area contributed by atoms with E-state index in [4.69, 9.17) is 0 Å². The zero-order valence-corrected chi connectivity index (χ0v) is 7.28. The van der Waals surface area contributed by atoms with E-state index in [9.17, 15) is 10.2 Å². The first kappa shape index (κ1) is 8.13. The quantitative estimate of drug-likeness (QED) is 0.623. The highest BCUT2D eigenvalue weighted by Crippen LogP contribution is 2.26. The fraction of sp³-hybridized carbons (Fsp3) is 0.200. The standard InChI is InChI=1S/C10H11NO2/c1-6(12)9-5-11-10-4-7(13)2-3-8(9)10/h2-6,11-13H,1H3. The molecule has 0 fully saturated rings. The van der Waals surface area contributed by atoms with Gasteiger partial charge in [-0.1, -0.05) is 0 Å². The van der Waals surface area contributed by atoms with E-state index in [0.717, 1.165) is 16.5 Å². The van der Waals surface area contributed by atoms with Gasteiger partial charge in [-0.25, -0.2) is 0 Å². The van der Waals surface area contributed by atoms with Crippen LogP contribution in [-0.4, -0.2) is 15.2 Å². The number of hydrogen-bond acceptors (Lipinski definition) is 2. The molecule has 0 aliphatic carbocycles. The molecule has 3 N–H and O–H groups in total. The summed E-state index contributed by atoms with van der Waals surface area (Å²) in [6.07, 6.45) is 1.27. The van der Waals surface area contributed by atoms with Gasteiger partial charge in [0.1, 0.15) is 5.75 Å². The summed E-state index contributed by atoms with van der Waals surface area (Å²) in [6, 6.07) is 5.05. The van der Waals surface area contributed by atoms with Crippen molar-refractivity contribution >= 4 is 10.9 Å². The number of fused-ring (bicyclic) bond motifs is 1. The smallest absolute Gasteiger partial charge is 0.117 e. The van der Waals surface area contributed by atoms with Crippen LogP contribution in [0, 0.1) is 0 Å². The van der Waals surface area contributed by atoms with Crippen molar-refractivity contribution in [2.24, 2.45) is 0 Å². The minimum absolute atomic E-state index is 0.228. The molecule has 0 spiro atoms. The summed E-state index contributed by atoms with van der Waals surface area (Å²) in [4.78, 5) is 2.99. The molecule has 1 aromatic heterocycles. The number of nitrogens with one attached hydrogen (secondary N) is 1. The van der Waals surface area contributed by atoms with Gasteiger partial charge in [-0.05, 0) is 19.1 Å². The van der Waals surface area contributed by atoms with E-state index in [1.165, 1.54) is 0 Å². The maximum Gasteiger partial charge on any atom is 0.117 e. The molecule has 0 saturated carbocycles. The molecule has 2 aromatic rings. The van der Waals surface area contributed by atoms with Gasteiger partial charge in [0, 0.05) is 28.7 Å². The summed E-state index contributed by atoms with van der Waals surface area (Å²) < 4.78 is 0. The number of H-pyrrole nitrogens is 1. The van der Waals surface area contributed by atoms with E-state index >= 15 is 0 Å². The Morgan fingerprint density at radius 3 is 2.85 bits per heavy atom. The first-order valence-corrected chi connectivity index (χ1v) is 4.16. The summed E-state index contributed by atoms with van der Waals surface area (Å²) in [7, 11) is 0. The molecular formula is C10H11NO2. The normalized spacial score (nSPS) is 13.4. The molecule has 3 heteroatoms. The summed E-state index contributed by atoms with van der Waals surface area (Å²) in [5.74, 6) is 0.228. The van der Waals surface area contributed by atoms with Gasteiger partial charge in [-0.2, -0.15) is 0 Å².